The van der Waals surface area contributed by atoms with Gasteiger partial charge >= 0.3 is 0 Å². The Kier molecular flexibility index (Phi) is 4.87. The number of rotatable bonds is 5. The molecule has 0 saturated heterocycles. The number of nitrogens with one attached hydrogen (secondary N) is 1. The van der Waals surface area contributed by atoms with E-state index in [0.29, 0.717) is 22.6 Å². The van der Waals surface area contributed by atoms with Crippen molar-refractivity contribution in [3.05, 3.63) is 46.4 Å². The van der Waals surface area contributed by atoms with Crippen LogP contribution < -0.4 is 18.9 Å². The molecule has 1 aliphatic rings. The number of amides is 1. The predicted molar refractivity (Wildman–Crippen MR) is 92.5 cm³/mol. The molecule has 25 heavy (non-hydrogen) atoms. The Balaban J connectivity index is 1.89. The van der Waals surface area contributed by atoms with Crippen molar-refractivity contribution in [1.82, 2.24) is 4.72 Å². The minimum absolute atomic E-state index is 0.0640. The minimum Gasteiger partial charge on any atom is -0.492 e. The average molecular weight is 428 g/mol. The van der Waals surface area contributed by atoms with Crippen molar-refractivity contribution in [2.45, 2.75) is 11.8 Å². The molecule has 0 atom stereocenters. The van der Waals surface area contributed by atoms with Gasteiger partial charge < -0.3 is 14.2 Å². The largest absolute Gasteiger partial charge is 0.492 e. The van der Waals surface area contributed by atoms with Gasteiger partial charge in [-0.2, -0.15) is 0 Å². The molecule has 1 amide bonds. The highest BCUT2D eigenvalue weighted by Crippen LogP contribution is 2.33. The summed E-state index contributed by atoms with van der Waals surface area (Å²) < 4.78 is 43.5. The van der Waals surface area contributed by atoms with Crippen LogP contribution in [0.25, 0.3) is 0 Å². The summed E-state index contributed by atoms with van der Waals surface area (Å²) in [4.78, 5) is 12.2. The smallest absolute Gasteiger partial charge is 0.268 e. The molecule has 0 saturated carbocycles. The Morgan fingerprint density at radius 3 is 2.72 bits per heavy atom. The van der Waals surface area contributed by atoms with Gasteiger partial charge in [0.25, 0.3) is 15.9 Å². The first-order valence-corrected chi connectivity index (χ1v) is 9.57. The topological polar surface area (TPSA) is 90.9 Å². The molecule has 0 radical (unpaired) electrons. The van der Waals surface area contributed by atoms with Crippen molar-refractivity contribution in [2.24, 2.45) is 0 Å². The molecule has 0 aliphatic carbocycles. The Labute approximate surface area is 153 Å². The van der Waals surface area contributed by atoms with Gasteiger partial charge in [0.05, 0.1) is 6.61 Å². The molecule has 0 fully saturated rings. The van der Waals surface area contributed by atoms with Gasteiger partial charge in [0, 0.05) is 10.0 Å². The molecule has 1 heterocycles. The van der Waals surface area contributed by atoms with Crippen molar-refractivity contribution in [3.63, 3.8) is 0 Å². The molecule has 3 rings (SSSR count). The quantitative estimate of drug-likeness (QED) is 0.788. The molecule has 132 valence electrons. The fraction of sp³-hybridized carbons (Fsp3) is 0.188. The lowest BCUT2D eigenvalue weighted by Crippen LogP contribution is -2.31. The van der Waals surface area contributed by atoms with Crippen LogP contribution in [-0.2, 0) is 10.0 Å². The molecule has 2 aromatic carbocycles. The second-order valence-corrected chi connectivity index (χ2v) is 7.59. The lowest BCUT2D eigenvalue weighted by atomic mass is 10.2. The van der Waals surface area contributed by atoms with Crippen molar-refractivity contribution in [2.75, 3.05) is 13.4 Å². The summed E-state index contributed by atoms with van der Waals surface area (Å²) in [5.74, 6) is 0.282. The second kappa shape index (κ2) is 6.93. The molecular formula is C16H14BrNO6S. The van der Waals surface area contributed by atoms with E-state index in [1.807, 2.05) is 4.72 Å². The third-order valence-electron chi connectivity index (χ3n) is 3.36. The Morgan fingerprint density at radius 2 is 1.96 bits per heavy atom. The monoisotopic (exact) mass is 427 g/mol. The van der Waals surface area contributed by atoms with Crippen LogP contribution in [0.15, 0.2) is 45.8 Å². The van der Waals surface area contributed by atoms with Crippen LogP contribution in [0.1, 0.15) is 17.3 Å². The Bertz CT molecular complexity index is 928. The SMILES string of the molecule is CCOc1ccc(Br)cc1S(=O)(=O)NC(=O)c1ccc2c(c1)OCO2. The molecular weight excluding hydrogens is 414 g/mol. The molecule has 1 N–H and O–H groups in total. The third-order valence-corrected chi connectivity index (χ3v) is 5.20. The van der Waals surface area contributed by atoms with E-state index >= 15 is 0 Å². The number of sulfonamides is 1. The first-order valence-electron chi connectivity index (χ1n) is 7.30. The molecule has 0 unspecified atom stereocenters. The van der Waals surface area contributed by atoms with Crippen LogP contribution in [0.3, 0.4) is 0 Å². The number of hydrogen-bond donors (Lipinski definition) is 1. The normalized spacial score (nSPS) is 12.7. The highest BCUT2D eigenvalue weighted by Gasteiger charge is 2.24. The number of ether oxygens (including phenoxy) is 3. The molecule has 2 aromatic rings. The first-order chi connectivity index (χ1) is 11.9. The third kappa shape index (κ3) is 3.72. The lowest BCUT2D eigenvalue weighted by Gasteiger charge is -2.12. The van der Waals surface area contributed by atoms with Crippen LogP contribution in [0, 0.1) is 0 Å². The Hall–Kier alpha value is -2.26. The highest BCUT2D eigenvalue weighted by atomic mass is 79.9. The van der Waals surface area contributed by atoms with E-state index in [2.05, 4.69) is 15.9 Å². The van der Waals surface area contributed by atoms with Gasteiger partial charge in [-0.05, 0) is 43.3 Å². The molecule has 7 nitrogen and oxygen atoms in total. The van der Waals surface area contributed by atoms with Crippen molar-refractivity contribution in [3.8, 4) is 17.2 Å². The summed E-state index contributed by atoms with van der Waals surface area (Å²) >= 11 is 3.22. The predicted octanol–water partition coefficient (Wildman–Crippen LogP) is 2.70. The number of hydrogen-bond acceptors (Lipinski definition) is 6. The summed E-state index contributed by atoms with van der Waals surface area (Å²) in [5.41, 5.74) is 0.140. The first kappa shape index (κ1) is 17.6. The van der Waals surface area contributed by atoms with Crippen molar-refractivity contribution >= 4 is 31.9 Å². The second-order valence-electron chi connectivity index (χ2n) is 5.03. The number of benzene rings is 2. The molecule has 0 bridgehead atoms. The molecule has 0 aromatic heterocycles. The fourth-order valence-corrected chi connectivity index (χ4v) is 3.90. The maximum Gasteiger partial charge on any atom is 0.268 e. The number of fused-ring (bicyclic) bond motifs is 1. The highest BCUT2D eigenvalue weighted by molar-refractivity contribution is 9.10. The Morgan fingerprint density at radius 1 is 1.20 bits per heavy atom. The van der Waals surface area contributed by atoms with E-state index in [-0.39, 0.29) is 23.0 Å². The maximum atomic E-state index is 12.6. The van der Waals surface area contributed by atoms with Gasteiger partial charge in [0.1, 0.15) is 10.6 Å². The molecule has 1 aliphatic heterocycles. The maximum absolute atomic E-state index is 12.6. The van der Waals surface area contributed by atoms with E-state index in [1.54, 1.807) is 19.1 Å². The van der Waals surface area contributed by atoms with E-state index in [4.69, 9.17) is 14.2 Å². The summed E-state index contributed by atoms with van der Waals surface area (Å²) in [6.45, 7) is 2.10. The average Bonchev–Trinajstić information content (AvgIpc) is 3.03. The number of halogens is 1. The fourth-order valence-electron chi connectivity index (χ4n) is 2.24. The summed E-state index contributed by atoms with van der Waals surface area (Å²) in [6.07, 6.45) is 0. The summed E-state index contributed by atoms with van der Waals surface area (Å²) in [6, 6.07) is 8.99. The minimum atomic E-state index is -4.12. The zero-order chi connectivity index (χ0) is 18.0. The van der Waals surface area contributed by atoms with Gasteiger partial charge in [-0.15, -0.1) is 0 Å². The van der Waals surface area contributed by atoms with Gasteiger partial charge in [-0.25, -0.2) is 13.1 Å². The summed E-state index contributed by atoms with van der Waals surface area (Å²) in [7, 11) is -4.12. The molecule has 9 heteroatoms. The zero-order valence-electron chi connectivity index (χ0n) is 13.1. The van der Waals surface area contributed by atoms with E-state index in [1.165, 1.54) is 24.3 Å². The van der Waals surface area contributed by atoms with Crippen molar-refractivity contribution in [1.29, 1.82) is 0 Å². The number of carbonyl (C=O) groups excluding carboxylic acids is 1. The standard InChI is InChI=1S/C16H14BrNO6S/c1-2-22-13-6-4-11(17)8-15(13)25(20,21)18-16(19)10-3-5-12-14(7-10)24-9-23-12/h3-8H,2,9H2,1H3,(H,18,19). The number of carbonyl (C=O) groups is 1. The van der Waals surface area contributed by atoms with Gasteiger partial charge in [0.2, 0.25) is 6.79 Å². The van der Waals surface area contributed by atoms with E-state index in [0.717, 1.165) is 0 Å². The lowest BCUT2D eigenvalue weighted by molar-refractivity contribution is 0.0981. The van der Waals surface area contributed by atoms with Crippen LogP contribution in [0.2, 0.25) is 0 Å². The van der Waals surface area contributed by atoms with Crippen LogP contribution in [0.5, 0.6) is 17.2 Å². The van der Waals surface area contributed by atoms with Gasteiger partial charge in [-0.3, -0.25) is 4.79 Å². The molecule has 0 spiro atoms. The summed E-state index contributed by atoms with van der Waals surface area (Å²) in [5, 5.41) is 0. The zero-order valence-corrected chi connectivity index (χ0v) is 15.5. The van der Waals surface area contributed by atoms with Crippen molar-refractivity contribution < 1.29 is 27.4 Å². The van der Waals surface area contributed by atoms with E-state index in [9.17, 15) is 13.2 Å². The van der Waals surface area contributed by atoms with Crippen LogP contribution >= 0.6 is 15.9 Å². The van der Waals surface area contributed by atoms with Gasteiger partial charge in [-0.1, -0.05) is 15.9 Å². The van der Waals surface area contributed by atoms with Gasteiger partial charge in [0.15, 0.2) is 11.5 Å². The van der Waals surface area contributed by atoms with E-state index < -0.39 is 15.9 Å². The van der Waals surface area contributed by atoms with Crippen LogP contribution in [-0.4, -0.2) is 27.7 Å². The van der Waals surface area contributed by atoms with Crippen LogP contribution in [0.4, 0.5) is 0 Å².